The second kappa shape index (κ2) is 11.8. The number of anilines is 5. The zero-order valence-corrected chi connectivity index (χ0v) is 22.7. The summed E-state index contributed by atoms with van der Waals surface area (Å²) >= 11 is 0. The van der Waals surface area contributed by atoms with Gasteiger partial charge in [-0.25, -0.2) is 9.37 Å². The van der Waals surface area contributed by atoms with Crippen molar-refractivity contribution in [2.24, 2.45) is 5.41 Å². The summed E-state index contributed by atoms with van der Waals surface area (Å²) in [4.78, 5) is 36.7. The Morgan fingerprint density at radius 1 is 0.810 bits per heavy atom. The molecule has 1 saturated heterocycles. The van der Waals surface area contributed by atoms with E-state index >= 15 is 0 Å². The zero-order valence-electron chi connectivity index (χ0n) is 22.7. The molecule has 2 heterocycles. The number of hydrogen-bond donors (Lipinski definition) is 3. The van der Waals surface area contributed by atoms with Gasteiger partial charge in [-0.2, -0.15) is 4.98 Å². The van der Waals surface area contributed by atoms with Crippen LogP contribution < -0.4 is 25.6 Å². The second-order valence-corrected chi connectivity index (χ2v) is 10.1. The van der Waals surface area contributed by atoms with Crippen LogP contribution in [0.5, 0.6) is 11.6 Å². The molecule has 42 heavy (non-hydrogen) atoms. The van der Waals surface area contributed by atoms with Gasteiger partial charge >= 0.3 is 0 Å². The lowest BCUT2D eigenvalue weighted by Crippen LogP contribution is -2.36. The summed E-state index contributed by atoms with van der Waals surface area (Å²) in [6.45, 7) is 3.22. The number of amides is 2. The maximum atomic E-state index is 13.2. The summed E-state index contributed by atoms with van der Waals surface area (Å²) in [5.74, 6) is 0.0603. The van der Waals surface area contributed by atoms with Crippen LogP contribution in [-0.2, 0) is 14.3 Å². The first-order valence-corrected chi connectivity index (χ1v) is 13.7. The molecule has 1 aliphatic carbocycles. The first-order chi connectivity index (χ1) is 20.5. The van der Waals surface area contributed by atoms with Gasteiger partial charge in [0.25, 0.3) is 0 Å². The fourth-order valence-electron chi connectivity index (χ4n) is 4.61. The molecule has 11 heteroatoms. The number of nitrogens with zero attached hydrogens (tertiary/aromatic N) is 3. The SMILES string of the molecule is O=C(Nc1ccc(F)cc1)C1(C(=O)Nc2ccc(Oc3ccnc(Nc4ccc(N5CCOCC5)cc4)n3)cc2)CC1. The number of morpholine rings is 1. The van der Waals surface area contributed by atoms with Crippen LogP contribution in [0.2, 0.25) is 0 Å². The third-order valence-corrected chi connectivity index (χ3v) is 7.19. The molecule has 1 saturated carbocycles. The molecule has 1 aliphatic heterocycles. The van der Waals surface area contributed by atoms with Gasteiger partial charge in [-0.3, -0.25) is 9.59 Å². The van der Waals surface area contributed by atoms with Gasteiger partial charge in [0.05, 0.1) is 13.2 Å². The van der Waals surface area contributed by atoms with Gasteiger partial charge in [0.2, 0.25) is 23.6 Å². The molecule has 6 rings (SSSR count). The maximum Gasteiger partial charge on any atom is 0.240 e. The minimum absolute atomic E-state index is 0.351. The van der Waals surface area contributed by atoms with Gasteiger partial charge in [-0.15, -0.1) is 0 Å². The molecule has 0 spiro atoms. The number of rotatable bonds is 9. The molecule has 3 N–H and O–H groups in total. The smallest absolute Gasteiger partial charge is 0.240 e. The summed E-state index contributed by atoms with van der Waals surface area (Å²) in [6, 6.07) is 21.9. The van der Waals surface area contributed by atoms with Crippen molar-refractivity contribution < 1.29 is 23.5 Å². The van der Waals surface area contributed by atoms with Crippen molar-refractivity contribution in [1.82, 2.24) is 9.97 Å². The van der Waals surface area contributed by atoms with Crippen molar-refractivity contribution in [2.45, 2.75) is 12.8 Å². The normalized spacial score (nSPS) is 15.4. The van der Waals surface area contributed by atoms with E-state index < -0.39 is 17.1 Å². The average molecular weight is 569 g/mol. The molecule has 2 fully saturated rings. The number of halogens is 1. The molecule has 2 aliphatic rings. The van der Waals surface area contributed by atoms with Crippen LogP contribution in [0, 0.1) is 11.2 Å². The van der Waals surface area contributed by atoms with Crippen LogP contribution in [0.1, 0.15) is 12.8 Å². The lowest BCUT2D eigenvalue weighted by Gasteiger charge is -2.28. The number of aromatic nitrogens is 2. The molecular weight excluding hydrogens is 539 g/mol. The molecule has 1 aromatic heterocycles. The zero-order chi connectivity index (χ0) is 28.9. The van der Waals surface area contributed by atoms with Crippen LogP contribution in [0.25, 0.3) is 0 Å². The minimum Gasteiger partial charge on any atom is -0.439 e. The van der Waals surface area contributed by atoms with Gasteiger partial charge < -0.3 is 30.3 Å². The van der Waals surface area contributed by atoms with E-state index in [4.69, 9.17) is 9.47 Å². The first kappa shape index (κ1) is 27.2. The number of benzene rings is 3. The Hall–Kier alpha value is -5.03. The first-order valence-electron chi connectivity index (χ1n) is 13.7. The van der Waals surface area contributed by atoms with E-state index in [-0.39, 0.29) is 5.91 Å². The summed E-state index contributed by atoms with van der Waals surface area (Å²) in [7, 11) is 0. The van der Waals surface area contributed by atoms with Crippen molar-refractivity contribution in [3.8, 4) is 11.6 Å². The number of carbonyl (C=O) groups is 2. The Balaban J connectivity index is 1.03. The van der Waals surface area contributed by atoms with Crippen LogP contribution in [0.4, 0.5) is 33.1 Å². The van der Waals surface area contributed by atoms with Crippen molar-refractivity contribution in [2.75, 3.05) is 47.2 Å². The molecule has 0 bridgehead atoms. The van der Waals surface area contributed by atoms with Gasteiger partial charge in [0.15, 0.2) is 0 Å². The molecule has 0 atom stereocenters. The van der Waals surface area contributed by atoms with Gasteiger partial charge in [0.1, 0.15) is 17.0 Å². The lowest BCUT2D eigenvalue weighted by molar-refractivity contribution is -0.131. The fourth-order valence-corrected chi connectivity index (χ4v) is 4.61. The summed E-state index contributed by atoms with van der Waals surface area (Å²) in [6.07, 6.45) is 2.48. The Morgan fingerprint density at radius 3 is 2.02 bits per heavy atom. The highest BCUT2D eigenvalue weighted by Crippen LogP contribution is 2.47. The van der Waals surface area contributed by atoms with Crippen molar-refractivity contribution in [3.05, 3.63) is 90.9 Å². The van der Waals surface area contributed by atoms with E-state index in [1.807, 2.05) is 12.1 Å². The van der Waals surface area contributed by atoms with Crippen molar-refractivity contribution >= 4 is 40.5 Å². The molecule has 214 valence electrons. The molecule has 2 amide bonds. The van der Waals surface area contributed by atoms with Crippen LogP contribution >= 0.6 is 0 Å². The second-order valence-electron chi connectivity index (χ2n) is 10.1. The van der Waals surface area contributed by atoms with E-state index in [1.165, 1.54) is 24.3 Å². The maximum absolute atomic E-state index is 13.2. The van der Waals surface area contributed by atoms with Crippen LogP contribution in [0.15, 0.2) is 85.1 Å². The summed E-state index contributed by atoms with van der Waals surface area (Å²) in [5.41, 5.74) is 1.81. The largest absolute Gasteiger partial charge is 0.439 e. The minimum atomic E-state index is -1.14. The highest BCUT2D eigenvalue weighted by Gasteiger charge is 2.56. The average Bonchev–Trinajstić information content (AvgIpc) is 3.83. The molecule has 4 aromatic rings. The van der Waals surface area contributed by atoms with Crippen molar-refractivity contribution in [1.29, 1.82) is 0 Å². The molecule has 0 radical (unpaired) electrons. The fraction of sp³-hybridized carbons (Fsp3) is 0.226. The van der Waals surface area contributed by atoms with E-state index in [2.05, 4.69) is 43.0 Å². The predicted octanol–water partition coefficient (Wildman–Crippen LogP) is 5.35. The third kappa shape index (κ3) is 6.31. The van der Waals surface area contributed by atoms with Crippen molar-refractivity contribution in [3.63, 3.8) is 0 Å². The van der Waals surface area contributed by atoms with Crippen LogP contribution in [-0.4, -0.2) is 48.1 Å². The lowest BCUT2D eigenvalue weighted by atomic mass is 10.0. The van der Waals surface area contributed by atoms with Crippen LogP contribution in [0.3, 0.4) is 0 Å². The Bertz CT molecular complexity index is 1550. The van der Waals surface area contributed by atoms with E-state index in [1.54, 1.807) is 36.5 Å². The molecular formula is C31H29FN6O4. The number of carbonyl (C=O) groups excluding carboxylic acids is 2. The standard InChI is InChI=1S/C31H29FN6O4/c32-21-1-3-22(4-2-21)34-28(39)31(14-15-31)29(40)35-23-7-11-26(12-8-23)42-27-13-16-33-30(37-27)36-24-5-9-25(10-6-24)38-17-19-41-20-18-38/h1-13,16H,14-15,17-20H2,(H,34,39)(H,35,40)(H,33,36,37). The number of nitrogens with one attached hydrogen (secondary N) is 3. The Kier molecular flexibility index (Phi) is 7.65. The summed E-state index contributed by atoms with van der Waals surface area (Å²) < 4.78 is 24.5. The number of ether oxygens (including phenoxy) is 2. The highest BCUT2D eigenvalue weighted by molar-refractivity contribution is 6.16. The van der Waals surface area contributed by atoms with E-state index in [0.29, 0.717) is 41.8 Å². The molecule has 10 nitrogen and oxygen atoms in total. The highest BCUT2D eigenvalue weighted by atomic mass is 19.1. The van der Waals surface area contributed by atoms with Gasteiger partial charge in [0, 0.05) is 48.1 Å². The number of hydrogen-bond acceptors (Lipinski definition) is 8. The monoisotopic (exact) mass is 568 g/mol. The van der Waals surface area contributed by atoms with Gasteiger partial charge in [-0.05, 0) is 85.6 Å². The predicted molar refractivity (Wildman–Crippen MR) is 157 cm³/mol. The summed E-state index contributed by atoms with van der Waals surface area (Å²) in [5, 5.41) is 8.71. The third-order valence-electron chi connectivity index (χ3n) is 7.19. The van der Waals surface area contributed by atoms with E-state index in [0.717, 1.165) is 37.7 Å². The topological polar surface area (TPSA) is 118 Å². The van der Waals surface area contributed by atoms with Gasteiger partial charge in [-0.1, -0.05) is 0 Å². The quantitative estimate of drug-likeness (QED) is 0.232. The Morgan fingerprint density at radius 2 is 1.40 bits per heavy atom. The Labute approximate surface area is 241 Å². The molecule has 0 unspecified atom stereocenters. The van der Waals surface area contributed by atoms with E-state index in [9.17, 15) is 14.0 Å². The molecule has 3 aromatic carbocycles.